The molecule has 28 heavy (non-hydrogen) atoms. The maximum atomic E-state index is 12.2. The maximum Gasteiger partial charge on any atom is 0.319 e. The molecule has 148 valence electrons. The van der Waals surface area contributed by atoms with Crippen LogP contribution in [0.3, 0.4) is 0 Å². The van der Waals surface area contributed by atoms with E-state index in [2.05, 4.69) is 36.9 Å². The van der Waals surface area contributed by atoms with Crippen LogP contribution in [-0.4, -0.2) is 54.4 Å². The summed E-state index contributed by atoms with van der Waals surface area (Å²) < 4.78 is 28.1. The number of carbonyl (C=O) groups is 1. The molecule has 0 aliphatic heterocycles. The van der Waals surface area contributed by atoms with E-state index in [1.54, 1.807) is 22.9 Å². The standard InChI is InChI=1S/C17H19BrN6O3S/c1-23(2)28(26,27)14-6-7-16-15(11-14)21-22-24(16)9-8-19-17(25)20-13-5-3-4-12(18)10-13/h3-7,10-11H,8-9H2,1-2H3,(H2,19,20,25). The highest BCUT2D eigenvalue weighted by Gasteiger charge is 2.18. The Kier molecular flexibility index (Phi) is 5.96. The molecule has 0 bridgehead atoms. The number of amides is 2. The van der Waals surface area contributed by atoms with Crippen molar-refractivity contribution in [1.29, 1.82) is 0 Å². The minimum Gasteiger partial charge on any atom is -0.336 e. The molecule has 3 aromatic rings. The van der Waals surface area contributed by atoms with Crippen molar-refractivity contribution in [2.75, 3.05) is 26.0 Å². The Balaban J connectivity index is 1.63. The van der Waals surface area contributed by atoms with Gasteiger partial charge in [0.15, 0.2) is 0 Å². The minimum atomic E-state index is -3.53. The Morgan fingerprint density at radius 3 is 2.71 bits per heavy atom. The summed E-state index contributed by atoms with van der Waals surface area (Å²) in [6.07, 6.45) is 0. The summed E-state index contributed by atoms with van der Waals surface area (Å²) >= 11 is 3.35. The SMILES string of the molecule is CN(C)S(=O)(=O)c1ccc2c(c1)nnn2CCNC(=O)Nc1cccc(Br)c1. The van der Waals surface area contributed by atoms with Crippen LogP contribution in [0.2, 0.25) is 0 Å². The molecule has 2 amide bonds. The van der Waals surface area contributed by atoms with E-state index in [0.29, 0.717) is 29.8 Å². The lowest BCUT2D eigenvalue weighted by molar-refractivity contribution is 0.251. The zero-order valence-electron chi connectivity index (χ0n) is 15.3. The second-order valence-corrected chi connectivity index (χ2v) is 9.21. The van der Waals surface area contributed by atoms with Crippen molar-refractivity contribution in [3.05, 3.63) is 46.9 Å². The highest BCUT2D eigenvalue weighted by molar-refractivity contribution is 9.10. The van der Waals surface area contributed by atoms with E-state index < -0.39 is 10.0 Å². The number of aromatic nitrogens is 3. The summed E-state index contributed by atoms with van der Waals surface area (Å²) in [6, 6.07) is 11.6. The van der Waals surface area contributed by atoms with Gasteiger partial charge in [0, 0.05) is 30.8 Å². The normalized spacial score (nSPS) is 11.7. The molecule has 0 fully saturated rings. The molecule has 2 N–H and O–H groups in total. The van der Waals surface area contributed by atoms with E-state index in [0.717, 1.165) is 8.78 Å². The molecule has 0 aliphatic carbocycles. The first-order valence-corrected chi connectivity index (χ1v) is 10.6. The Bertz CT molecular complexity index is 1110. The summed E-state index contributed by atoms with van der Waals surface area (Å²) in [6.45, 7) is 0.720. The molecule has 0 unspecified atom stereocenters. The first-order valence-electron chi connectivity index (χ1n) is 8.33. The number of hydrogen-bond acceptors (Lipinski definition) is 5. The lowest BCUT2D eigenvalue weighted by Gasteiger charge is -2.11. The fraction of sp³-hybridized carbons (Fsp3) is 0.235. The third kappa shape index (κ3) is 4.49. The van der Waals surface area contributed by atoms with Gasteiger partial charge in [0.2, 0.25) is 10.0 Å². The van der Waals surface area contributed by atoms with Crippen molar-refractivity contribution in [3.8, 4) is 0 Å². The lowest BCUT2D eigenvalue weighted by Crippen LogP contribution is -2.31. The van der Waals surface area contributed by atoms with Crippen LogP contribution < -0.4 is 10.6 Å². The van der Waals surface area contributed by atoms with Crippen LogP contribution in [0.1, 0.15) is 0 Å². The quantitative estimate of drug-likeness (QED) is 0.578. The first-order chi connectivity index (χ1) is 13.3. The molecule has 9 nitrogen and oxygen atoms in total. The second kappa shape index (κ2) is 8.25. The van der Waals surface area contributed by atoms with Crippen LogP contribution in [0.4, 0.5) is 10.5 Å². The van der Waals surface area contributed by atoms with Crippen molar-refractivity contribution in [1.82, 2.24) is 24.6 Å². The van der Waals surface area contributed by atoms with E-state index in [9.17, 15) is 13.2 Å². The van der Waals surface area contributed by atoms with E-state index in [4.69, 9.17) is 0 Å². The number of hydrogen-bond donors (Lipinski definition) is 2. The van der Waals surface area contributed by atoms with Crippen LogP contribution in [-0.2, 0) is 16.6 Å². The van der Waals surface area contributed by atoms with Gasteiger partial charge in [0.25, 0.3) is 0 Å². The molecule has 1 aromatic heterocycles. The van der Waals surface area contributed by atoms with E-state index in [-0.39, 0.29) is 10.9 Å². The highest BCUT2D eigenvalue weighted by atomic mass is 79.9. The molecule has 0 radical (unpaired) electrons. The van der Waals surface area contributed by atoms with Gasteiger partial charge >= 0.3 is 6.03 Å². The van der Waals surface area contributed by atoms with Gasteiger partial charge in [-0.1, -0.05) is 27.2 Å². The number of carbonyl (C=O) groups excluding carboxylic acids is 1. The van der Waals surface area contributed by atoms with Crippen molar-refractivity contribution in [2.45, 2.75) is 11.4 Å². The minimum absolute atomic E-state index is 0.156. The first kappa shape index (κ1) is 20.2. The summed E-state index contributed by atoms with van der Waals surface area (Å²) in [5.74, 6) is 0. The molecule has 2 aromatic carbocycles. The predicted octanol–water partition coefficient (Wildman–Crippen LogP) is 2.27. The third-order valence-electron chi connectivity index (χ3n) is 3.96. The number of halogens is 1. The summed E-state index contributed by atoms with van der Waals surface area (Å²) in [5, 5.41) is 13.5. The number of benzene rings is 2. The Morgan fingerprint density at radius 1 is 1.21 bits per heavy atom. The lowest BCUT2D eigenvalue weighted by atomic mass is 10.3. The number of sulfonamides is 1. The molecule has 0 atom stereocenters. The molecule has 0 spiro atoms. The summed E-state index contributed by atoms with van der Waals surface area (Å²) in [4.78, 5) is 12.1. The molecule has 3 rings (SSSR count). The monoisotopic (exact) mass is 466 g/mol. The molecule has 0 aliphatic rings. The van der Waals surface area contributed by atoms with E-state index in [1.165, 1.54) is 26.2 Å². The molecule has 1 heterocycles. The van der Waals surface area contributed by atoms with Crippen LogP contribution in [0, 0.1) is 0 Å². The fourth-order valence-electron chi connectivity index (χ4n) is 2.51. The Morgan fingerprint density at radius 2 is 2.00 bits per heavy atom. The Hall–Kier alpha value is -2.50. The van der Waals surface area contributed by atoms with E-state index in [1.807, 2.05) is 12.1 Å². The van der Waals surface area contributed by atoms with Gasteiger partial charge in [-0.05, 0) is 36.4 Å². The third-order valence-corrected chi connectivity index (χ3v) is 6.26. The number of anilines is 1. The number of urea groups is 1. The molecular weight excluding hydrogens is 448 g/mol. The summed E-state index contributed by atoms with van der Waals surface area (Å²) in [7, 11) is -0.586. The van der Waals surface area contributed by atoms with Crippen LogP contribution in [0.5, 0.6) is 0 Å². The maximum absolute atomic E-state index is 12.2. The van der Waals surface area contributed by atoms with Crippen molar-refractivity contribution in [3.63, 3.8) is 0 Å². The molecule has 0 saturated heterocycles. The fourth-order valence-corrected chi connectivity index (χ4v) is 3.83. The number of fused-ring (bicyclic) bond motifs is 1. The van der Waals surface area contributed by atoms with Crippen molar-refractivity contribution < 1.29 is 13.2 Å². The van der Waals surface area contributed by atoms with Gasteiger partial charge in [0.05, 0.1) is 17.0 Å². The number of nitrogens with one attached hydrogen (secondary N) is 2. The zero-order valence-corrected chi connectivity index (χ0v) is 17.7. The average molecular weight is 467 g/mol. The zero-order chi connectivity index (χ0) is 20.3. The second-order valence-electron chi connectivity index (χ2n) is 6.14. The van der Waals surface area contributed by atoms with Gasteiger partial charge in [-0.15, -0.1) is 5.10 Å². The highest BCUT2D eigenvalue weighted by Crippen LogP contribution is 2.19. The van der Waals surface area contributed by atoms with Crippen LogP contribution >= 0.6 is 15.9 Å². The summed E-state index contributed by atoms with van der Waals surface area (Å²) in [5.41, 5.74) is 1.83. The topological polar surface area (TPSA) is 109 Å². The largest absolute Gasteiger partial charge is 0.336 e. The average Bonchev–Trinajstić information content (AvgIpc) is 3.04. The number of rotatable bonds is 6. The Labute approximate surface area is 170 Å². The molecular formula is C17H19BrN6O3S. The predicted molar refractivity (Wildman–Crippen MR) is 110 cm³/mol. The van der Waals surface area contributed by atoms with Crippen LogP contribution in [0.15, 0.2) is 51.8 Å². The van der Waals surface area contributed by atoms with E-state index >= 15 is 0 Å². The van der Waals surface area contributed by atoms with Gasteiger partial charge in [0.1, 0.15) is 5.52 Å². The van der Waals surface area contributed by atoms with Crippen molar-refractivity contribution >= 4 is 48.7 Å². The smallest absolute Gasteiger partial charge is 0.319 e. The molecule has 11 heteroatoms. The molecule has 0 saturated carbocycles. The number of nitrogens with zero attached hydrogens (tertiary/aromatic N) is 4. The van der Waals surface area contributed by atoms with Crippen LogP contribution in [0.25, 0.3) is 11.0 Å². The van der Waals surface area contributed by atoms with Gasteiger partial charge < -0.3 is 10.6 Å². The van der Waals surface area contributed by atoms with Gasteiger partial charge in [-0.2, -0.15) is 0 Å². The van der Waals surface area contributed by atoms with Crippen molar-refractivity contribution in [2.24, 2.45) is 0 Å². The van der Waals surface area contributed by atoms with Gasteiger partial charge in [-0.25, -0.2) is 22.2 Å². The van der Waals surface area contributed by atoms with Gasteiger partial charge in [-0.3, -0.25) is 0 Å².